The summed E-state index contributed by atoms with van der Waals surface area (Å²) < 4.78 is 10.4. The summed E-state index contributed by atoms with van der Waals surface area (Å²) in [5.74, 6) is 0.482. The molecule has 0 radical (unpaired) electrons. The molecule has 0 aliphatic heterocycles. The fourth-order valence-corrected chi connectivity index (χ4v) is 2.59. The maximum atomic E-state index is 12.5. The molecule has 1 aromatic heterocycles. The topological polar surface area (TPSA) is 84.7 Å². The Morgan fingerprint density at radius 1 is 1.11 bits per heavy atom. The number of anilines is 1. The van der Waals surface area contributed by atoms with Gasteiger partial charge in [0.25, 0.3) is 5.91 Å². The molecule has 1 heterocycles. The highest BCUT2D eigenvalue weighted by molar-refractivity contribution is 5.98. The molecule has 0 fully saturated rings. The lowest BCUT2D eigenvalue weighted by Gasteiger charge is -2.15. The molecule has 144 valence electrons. The minimum Gasteiger partial charge on any atom is -0.497 e. The van der Waals surface area contributed by atoms with E-state index in [1.165, 1.54) is 11.9 Å². The summed E-state index contributed by atoms with van der Waals surface area (Å²) in [6, 6.07) is 16.2. The first-order chi connectivity index (χ1) is 13.5. The van der Waals surface area contributed by atoms with E-state index in [2.05, 4.69) is 10.5 Å². The number of aryl methyl sites for hydroxylation is 1. The minimum atomic E-state index is -0.396. The van der Waals surface area contributed by atoms with Crippen LogP contribution >= 0.6 is 0 Å². The zero-order valence-electron chi connectivity index (χ0n) is 15.9. The second-order valence-electron chi connectivity index (χ2n) is 6.38. The molecule has 2 amide bonds. The van der Waals surface area contributed by atoms with Gasteiger partial charge in [-0.2, -0.15) is 0 Å². The number of benzene rings is 2. The first-order valence-electron chi connectivity index (χ1n) is 8.69. The number of hydrogen-bond acceptors (Lipinski definition) is 5. The Bertz CT molecular complexity index is 962. The maximum absolute atomic E-state index is 12.5. The van der Waals surface area contributed by atoms with Crippen molar-refractivity contribution in [3.8, 4) is 17.1 Å². The minimum absolute atomic E-state index is 0.114. The predicted octanol–water partition coefficient (Wildman–Crippen LogP) is 3.37. The number of likely N-dealkylation sites (N-methyl/N-ethyl adjacent to an activating group) is 1. The molecular formula is C21H21N3O4. The molecular weight excluding hydrogens is 358 g/mol. The standard InChI is InChI=1S/C21H21N3O4/c1-14-4-6-15(7-5-14)19-12-18(23-28-19)21(26)24(2)13-20(25)22-16-8-10-17(27-3)11-9-16/h4-12H,13H2,1-3H3,(H,22,25). The van der Waals surface area contributed by atoms with Crippen molar-refractivity contribution in [2.75, 3.05) is 26.0 Å². The van der Waals surface area contributed by atoms with Crippen LogP contribution in [0.2, 0.25) is 0 Å². The quantitative estimate of drug-likeness (QED) is 0.710. The maximum Gasteiger partial charge on any atom is 0.276 e. The molecule has 0 bridgehead atoms. The lowest BCUT2D eigenvalue weighted by atomic mass is 10.1. The molecule has 0 unspecified atom stereocenters. The Labute approximate surface area is 162 Å². The molecule has 7 heteroatoms. The van der Waals surface area contributed by atoms with E-state index in [1.54, 1.807) is 37.4 Å². The van der Waals surface area contributed by atoms with Crippen LogP contribution in [0, 0.1) is 6.92 Å². The number of nitrogens with one attached hydrogen (secondary N) is 1. The number of carbonyl (C=O) groups excluding carboxylic acids is 2. The summed E-state index contributed by atoms with van der Waals surface area (Å²) in [4.78, 5) is 26.0. The van der Waals surface area contributed by atoms with Gasteiger partial charge in [-0.15, -0.1) is 0 Å². The summed E-state index contributed by atoms with van der Waals surface area (Å²) in [5, 5.41) is 6.57. The zero-order valence-corrected chi connectivity index (χ0v) is 15.9. The van der Waals surface area contributed by atoms with Gasteiger partial charge in [0.05, 0.1) is 13.7 Å². The highest BCUT2D eigenvalue weighted by Gasteiger charge is 2.19. The summed E-state index contributed by atoms with van der Waals surface area (Å²) in [6.07, 6.45) is 0. The van der Waals surface area contributed by atoms with Crippen molar-refractivity contribution in [2.45, 2.75) is 6.92 Å². The number of ether oxygens (including phenoxy) is 1. The molecule has 28 heavy (non-hydrogen) atoms. The second kappa shape index (κ2) is 8.39. The number of rotatable bonds is 6. The summed E-state index contributed by atoms with van der Waals surface area (Å²) in [7, 11) is 3.11. The van der Waals surface area contributed by atoms with Crippen LogP contribution in [0.1, 0.15) is 16.1 Å². The van der Waals surface area contributed by atoms with Crippen LogP contribution in [0.5, 0.6) is 5.75 Å². The molecule has 3 aromatic rings. The Kier molecular flexibility index (Phi) is 5.74. The van der Waals surface area contributed by atoms with Crippen LogP contribution in [-0.2, 0) is 4.79 Å². The third-order valence-electron chi connectivity index (χ3n) is 4.17. The lowest BCUT2D eigenvalue weighted by Crippen LogP contribution is -2.35. The molecule has 2 aromatic carbocycles. The molecule has 0 aliphatic rings. The van der Waals surface area contributed by atoms with E-state index < -0.39 is 5.91 Å². The molecule has 0 atom stereocenters. The zero-order chi connectivity index (χ0) is 20.1. The highest BCUT2D eigenvalue weighted by atomic mass is 16.5. The molecule has 1 N–H and O–H groups in total. The largest absolute Gasteiger partial charge is 0.497 e. The van der Waals surface area contributed by atoms with Crippen LogP contribution in [0.15, 0.2) is 59.1 Å². The van der Waals surface area contributed by atoms with Crippen LogP contribution in [0.4, 0.5) is 5.69 Å². The van der Waals surface area contributed by atoms with E-state index in [9.17, 15) is 9.59 Å². The first kappa shape index (κ1) is 19.2. The molecule has 7 nitrogen and oxygen atoms in total. The number of nitrogens with zero attached hydrogens (tertiary/aromatic N) is 2. The third kappa shape index (κ3) is 4.56. The van der Waals surface area contributed by atoms with Crippen molar-refractivity contribution in [1.82, 2.24) is 10.1 Å². The van der Waals surface area contributed by atoms with Crippen LogP contribution in [0.25, 0.3) is 11.3 Å². The van der Waals surface area contributed by atoms with Gasteiger partial charge in [-0.1, -0.05) is 35.0 Å². The highest BCUT2D eigenvalue weighted by Crippen LogP contribution is 2.21. The van der Waals surface area contributed by atoms with Gasteiger partial charge in [0.2, 0.25) is 5.91 Å². The van der Waals surface area contributed by atoms with E-state index in [0.717, 1.165) is 11.1 Å². The lowest BCUT2D eigenvalue weighted by molar-refractivity contribution is -0.116. The fourth-order valence-electron chi connectivity index (χ4n) is 2.59. The molecule has 3 rings (SSSR count). The van der Waals surface area contributed by atoms with Crippen LogP contribution in [0.3, 0.4) is 0 Å². The summed E-state index contributed by atoms with van der Waals surface area (Å²) >= 11 is 0. The monoisotopic (exact) mass is 379 g/mol. The van der Waals surface area contributed by atoms with Gasteiger partial charge >= 0.3 is 0 Å². The molecule has 0 aliphatic carbocycles. The second-order valence-corrected chi connectivity index (χ2v) is 6.38. The van der Waals surface area contributed by atoms with Gasteiger partial charge in [-0.05, 0) is 31.2 Å². The number of amides is 2. The average molecular weight is 379 g/mol. The number of hydrogen-bond donors (Lipinski definition) is 1. The first-order valence-corrected chi connectivity index (χ1v) is 8.69. The number of aromatic nitrogens is 1. The van der Waals surface area contributed by atoms with Gasteiger partial charge in [0.1, 0.15) is 5.75 Å². The van der Waals surface area contributed by atoms with E-state index >= 15 is 0 Å². The van der Waals surface area contributed by atoms with Crippen molar-refractivity contribution in [1.29, 1.82) is 0 Å². The Morgan fingerprint density at radius 2 is 1.79 bits per heavy atom. The van der Waals surface area contributed by atoms with Gasteiger partial charge in [0, 0.05) is 24.4 Å². The van der Waals surface area contributed by atoms with Crippen LogP contribution in [-0.4, -0.2) is 42.6 Å². The summed E-state index contributed by atoms with van der Waals surface area (Å²) in [5.41, 5.74) is 2.73. The van der Waals surface area contributed by atoms with E-state index in [4.69, 9.17) is 9.26 Å². The molecule has 0 spiro atoms. The number of methoxy groups -OCH3 is 1. The van der Waals surface area contributed by atoms with Gasteiger partial charge in [-0.3, -0.25) is 9.59 Å². The smallest absolute Gasteiger partial charge is 0.276 e. The SMILES string of the molecule is COc1ccc(NC(=O)CN(C)C(=O)c2cc(-c3ccc(C)cc3)on2)cc1. The Hall–Kier alpha value is -3.61. The average Bonchev–Trinajstić information content (AvgIpc) is 3.18. The Balaban J connectivity index is 1.60. The Morgan fingerprint density at radius 3 is 2.43 bits per heavy atom. The van der Waals surface area contributed by atoms with E-state index in [-0.39, 0.29) is 18.1 Å². The van der Waals surface area contributed by atoms with Crippen molar-refractivity contribution in [3.63, 3.8) is 0 Å². The van der Waals surface area contributed by atoms with Crippen molar-refractivity contribution in [3.05, 3.63) is 65.9 Å². The number of carbonyl (C=O) groups is 2. The fraction of sp³-hybridized carbons (Fsp3) is 0.190. The van der Waals surface area contributed by atoms with Crippen molar-refractivity contribution in [2.24, 2.45) is 0 Å². The predicted molar refractivity (Wildman–Crippen MR) is 105 cm³/mol. The van der Waals surface area contributed by atoms with E-state index in [0.29, 0.717) is 17.2 Å². The van der Waals surface area contributed by atoms with Crippen molar-refractivity contribution < 1.29 is 18.8 Å². The van der Waals surface area contributed by atoms with Gasteiger partial charge in [0.15, 0.2) is 11.5 Å². The molecule has 0 saturated carbocycles. The van der Waals surface area contributed by atoms with Crippen molar-refractivity contribution >= 4 is 17.5 Å². The summed E-state index contributed by atoms with van der Waals surface area (Å²) in [6.45, 7) is 1.88. The van der Waals surface area contributed by atoms with Crippen LogP contribution < -0.4 is 10.1 Å². The third-order valence-corrected chi connectivity index (χ3v) is 4.17. The van der Waals surface area contributed by atoms with Gasteiger partial charge < -0.3 is 19.5 Å². The molecule has 0 saturated heterocycles. The normalized spacial score (nSPS) is 10.4. The van der Waals surface area contributed by atoms with Gasteiger partial charge in [-0.25, -0.2) is 0 Å². The van der Waals surface area contributed by atoms with E-state index in [1.807, 2.05) is 31.2 Å².